The molecule has 1 aromatic rings. The van der Waals surface area contributed by atoms with E-state index in [1.54, 1.807) is 12.1 Å². The quantitative estimate of drug-likeness (QED) is 0.379. The zero-order valence-electron chi connectivity index (χ0n) is 13.7. The van der Waals surface area contributed by atoms with E-state index in [2.05, 4.69) is 6.92 Å². The third-order valence-electron chi connectivity index (χ3n) is 4.10. The molecule has 0 amide bonds. The summed E-state index contributed by atoms with van der Waals surface area (Å²) in [6.45, 7) is 2.25. The van der Waals surface area contributed by atoms with E-state index in [1.165, 1.54) is 57.8 Å². The fourth-order valence-corrected chi connectivity index (χ4v) is 3.67. The molecule has 1 N–H and O–H groups in total. The molecule has 1 unspecified atom stereocenters. The van der Waals surface area contributed by atoms with E-state index < -0.39 is 8.03 Å². The van der Waals surface area contributed by atoms with Crippen LogP contribution < -0.4 is 5.30 Å². The second-order valence-electron chi connectivity index (χ2n) is 6.04. The number of hydrogen-bond acceptors (Lipinski definition) is 1. The van der Waals surface area contributed by atoms with Crippen molar-refractivity contribution in [1.29, 1.82) is 0 Å². The summed E-state index contributed by atoms with van der Waals surface area (Å²) in [6.07, 6.45) is 13.8. The lowest BCUT2D eigenvalue weighted by Crippen LogP contribution is -2.05. The highest BCUT2D eigenvalue weighted by Gasteiger charge is 2.07. The number of benzene rings is 1. The van der Waals surface area contributed by atoms with Gasteiger partial charge in [0.25, 0.3) is 0 Å². The molecule has 1 rings (SSSR count). The first kappa shape index (κ1) is 19.7. The second kappa shape index (κ2) is 12.2. The van der Waals surface area contributed by atoms with Gasteiger partial charge in [-0.05, 0) is 36.6 Å². The summed E-state index contributed by atoms with van der Waals surface area (Å²) in [7, 11) is -2.63. The van der Waals surface area contributed by atoms with E-state index >= 15 is 0 Å². The van der Waals surface area contributed by atoms with Gasteiger partial charge >= 0.3 is 0 Å². The second-order valence-corrected chi connectivity index (χ2v) is 7.62. The van der Waals surface area contributed by atoms with Crippen molar-refractivity contribution in [3.05, 3.63) is 28.8 Å². The van der Waals surface area contributed by atoms with E-state index in [-0.39, 0.29) is 0 Å². The average Bonchev–Trinajstić information content (AvgIpc) is 2.49. The van der Waals surface area contributed by atoms with E-state index in [0.717, 1.165) is 18.4 Å². The fraction of sp³-hybridized carbons (Fsp3) is 0.667. The average molecular weight is 345 g/mol. The van der Waals surface area contributed by atoms with Gasteiger partial charge in [0, 0.05) is 10.3 Å². The van der Waals surface area contributed by atoms with Gasteiger partial charge in [0.1, 0.15) is 0 Å². The molecule has 0 radical (unpaired) electrons. The molecular formula is C18H30ClO2P. The van der Waals surface area contributed by atoms with Crippen molar-refractivity contribution < 1.29 is 9.46 Å². The van der Waals surface area contributed by atoms with Crippen molar-refractivity contribution >= 4 is 24.9 Å². The minimum atomic E-state index is -2.63. The van der Waals surface area contributed by atoms with Crippen molar-refractivity contribution in [1.82, 2.24) is 0 Å². The van der Waals surface area contributed by atoms with E-state index in [4.69, 9.17) is 11.6 Å². The molecule has 0 fully saturated rings. The van der Waals surface area contributed by atoms with E-state index in [1.807, 2.05) is 6.07 Å². The Balaban J connectivity index is 2.15. The third-order valence-corrected chi connectivity index (χ3v) is 5.28. The van der Waals surface area contributed by atoms with Crippen LogP contribution in [0.2, 0.25) is 5.02 Å². The first-order chi connectivity index (χ1) is 10.6. The molecule has 0 aliphatic carbocycles. The van der Waals surface area contributed by atoms with E-state index in [0.29, 0.717) is 10.3 Å². The van der Waals surface area contributed by atoms with Crippen molar-refractivity contribution in [3.63, 3.8) is 0 Å². The summed E-state index contributed by atoms with van der Waals surface area (Å²) in [5.74, 6) is 0. The van der Waals surface area contributed by atoms with Crippen LogP contribution in [-0.2, 0) is 11.0 Å². The third kappa shape index (κ3) is 8.36. The summed E-state index contributed by atoms with van der Waals surface area (Å²) < 4.78 is 11.4. The predicted molar refractivity (Wildman–Crippen MR) is 97.9 cm³/mol. The predicted octanol–water partition coefficient (Wildman–Crippen LogP) is 5.90. The van der Waals surface area contributed by atoms with Crippen molar-refractivity contribution in [2.75, 3.05) is 0 Å². The molecule has 1 aromatic carbocycles. The molecule has 0 saturated carbocycles. The maximum atomic E-state index is 11.4. The molecule has 0 heterocycles. The molecule has 2 nitrogen and oxygen atoms in total. The highest BCUT2D eigenvalue weighted by Crippen LogP contribution is 2.21. The minimum absolute atomic E-state index is 0.574. The first-order valence-electron chi connectivity index (χ1n) is 8.67. The SMILES string of the molecule is CCCCCCCCCCCCc1cc(Cl)ccc1[PH](=O)O. The van der Waals surface area contributed by atoms with Crippen molar-refractivity contribution in [2.45, 2.75) is 77.6 Å². The Labute approximate surface area is 141 Å². The maximum absolute atomic E-state index is 11.4. The monoisotopic (exact) mass is 344 g/mol. The molecule has 126 valence electrons. The summed E-state index contributed by atoms with van der Waals surface area (Å²) >= 11 is 5.98. The van der Waals surface area contributed by atoms with E-state index in [9.17, 15) is 9.46 Å². The number of unbranched alkanes of at least 4 members (excludes halogenated alkanes) is 9. The van der Waals surface area contributed by atoms with Crippen LogP contribution in [0.4, 0.5) is 0 Å². The zero-order valence-corrected chi connectivity index (χ0v) is 15.5. The normalized spacial score (nSPS) is 12.5. The Morgan fingerprint density at radius 1 is 0.955 bits per heavy atom. The van der Waals surface area contributed by atoms with Crippen LogP contribution in [0, 0.1) is 0 Å². The highest BCUT2D eigenvalue weighted by molar-refractivity contribution is 7.47. The standard InChI is InChI=1S/C18H30ClO2P/c1-2-3-4-5-6-7-8-9-10-11-12-16-15-17(19)13-14-18(16)22(20)21/h13-15,22H,2-12H2,1H3,(H,20,21). The van der Waals surface area contributed by atoms with Crippen LogP contribution in [0.3, 0.4) is 0 Å². The fourth-order valence-electron chi connectivity index (χ4n) is 2.78. The molecule has 22 heavy (non-hydrogen) atoms. The highest BCUT2D eigenvalue weighted by atomic mass is 35.5. The Morgan fingerprint density at radius 2 is 1.50 bits per heavy atom. The molecule has 0 aliphatic rings. The molecular weight excluding hydrogens is 315 g/mol. The molecule has 0 spiro atoms. The molecule has 1 atom stereocenters. The van der Waals surface area contributed by atoms with Crippen LogP contribution in [0.15, 0.2) is 18.2 Å². The van der Waals surface area contributed by atoms with Crippen LogP contribution >= 0.6 is 19.6 Å². The Hall–Kier alpha value is -0.300. The van der Waals surface area contributed by atoms with Crippen LogP contribution in [0.25, 0.3) is 0 Å². The topological polar surface area (TPSA) is 37.3 Å². The van der Waals surface area contributed by atoms with Gasteiger partial charge in [-0.15, -0.1) is 0 Å². The molecule has 0 saturated heterocycles. The summed E-state index contributed by atoms with van der Waals surface area (Å²) in [4.78, 5) is 9.36. The van der Waals surface area contributed by atoms with Crippen molar-refractivity contribution in [3.8, 4) is 0 Å². The number of hydrogen-bond donors (Lipinski definition) is 1. The maximum Gasteiger partial charge on any atom is 0.218 e. The first-order valence-corrected chi connectivity index (χ1v) is 10.4. The molecule has 0 bridgehead atoms. The zero-order chi connectivity index (χ0) is 16.2. The molecule has 0 aliphatic heterocycles. The Morgan fingerprint density at radius 3 is 2.05 bits per heavy atom. The van der Waals surface area contributed by atoms with Crippen LogP contribution in [0.5, 0.6) is 0 Å². The summed E-state index contributed by atoms with van der Waals surface area (Å²) in [5, 5.41) is 1.22. The minimum Gasteiger partial charge on any atom is -0.343 e. The van der Waals surface area contributed by atoms with Gasteiger partial charge in [-0.2, -0.15) is 0 Å². The van der Waals surface area contributed by atoms with Gasteiger partial charge in [0.15, 0.2) is 0 Å². The van der Waals surface area contributed by atoms with Gasteiger partial charge in [-0.25, -0.2) is 0 Å². The number of halogens is 1. The molecule has 0 aromatic heterocycles. The Kier molecular flexibility index (Phi) is 10.9. The number of aryl methyl sites for hydroxylation is 1. The van der Waals surface area contributed by atoms with Gasteiger partial charge < -0.3 is 4.89 Å². The van der Waals surface area contributed by atoms with Crippen LogP contribution in [-0.4, -0.2) is 4.89 Å². The van der Waals surface area contributed by atoms with Gasteiger partial charge in [0.2, 0.25) is 8.03 Å². The lowest BCUT2D eigenvalue weighted by Gasteiger charge is -2.08. The van der Waals surface area contributed by atoms with Crippen LogP contribution in [0.1, 0.15) is 76.7 Å². The Bertz CT molecular complexity index is 449. The van der Waals surface area contributed by atoms with Gasteiger partial charge in [-0.1, -0.05) is 76.3 Å². The summed E-state index contributed by atoms with van der Waals surface area (Å²) in [6, 6.07) is 5.22. The smallest absolute Gasteiger partial charge is 0.218 e. The lowest BCUT2D eigenvalue weighted by molar-refractivity contribution is 0.513. The lowest BCUT2D eigenvalue weighted by atomic mass is 10.0. The number of rotatable bonds is 12. The summed E-state index contributed by atoms with van der Waals surface area (Å²) in [5.41, 5.74) is 0.943. The van der Waals surface area contributed by atoms with Gasteiger partial charge in [0.05, 0.1) is 0 Å². The largest absolute Gasteiger partial charge is 0.343 e. The van der Waals surface area contributed by atoms with Crippen molar-refractivity contribution in [2.24, 2.45) is 0 Å². The van der Waals surface area contributed by atoms with Gasteiger partial charge in [-0.3, -0.25) is 4.57 Å². The molecule has 4 heteroatoms.